The Bertz CT molecular complexity index is 1350. The van der Waals surface area contributed by atoms with Crippen LogP contribution in [-0.4, -0.2) is 24.2 Å². The van der Waals surface area contributed by atoms with E-state index in [1.165, 1.54) is 30.1 Å². The highest BCUT2D eigenvalue weighted by Crippen LogP contribution is 2.29. The van der Waals surface area contributed by atoms with E-state index >= 15 is 0 Å². The largest absolute Gasteiger partial charge is 0.415 e. The minimum absolute atomic E-state index is 0.258. The summed E-state index contributed by atoms with van der Waals surface area (Å²) >= 11 is 5.89. The van der Waals surface area contributed by atoms with E-state index in [1.807, 2.05) is 6.07 Å². The van der Waals surface area contributed by atoms with E-state index in [9.17, 15) is 23.1 Å². The molecule has 36 heavy (non-hydrogen) atoms. The Balaban J connectivity index is 1.92. The summed E-state index contributed by atoms with van der Waals surface area (Å²) in [5, 5.41) is 22.9. The Labute approximate surface area is 211 Å². The van der Waals surface area contributed by atoms with Gasteiger partial charge in [-0.25, -0.2) is 0 Å². The van der Waals surface area contributed by atoms with Gasteiger partial charge in [0.1, 0.15) is 11.8 Å². The van der Waals surface area contributed by atoms with Crippen molar-refractivity contribution in [1.82, 2.24) is 0 Å². The predicted octanol–water partition coefficient (Wildman–Crippen LogP) is 6.37. The Morgan fingerprint density at radius 3 is 2.42 bits per heavy atom. The molecule has 1 unspecified atom stereocenters. The van der Waals surface area contributed by atoms with E-state index in [2.05, 4.69) is 11.9 Å². The van der Waals surface area contributed by atoms with Gasteiger partial charge in [-0.15, -0.1) is 0 Å². The molecule has 0 aliphatic rings. The molecule has 1 amide bonds. The zero-order valence-electron chi connectivity index (χ0n) is 19.1. The van der Waals surface area contributed by atoms with E-state index in [4.69, 9.17) is 16.9 Å². The third-order valence-corrected chi connectivity index (χ3v) is 5.53. The number of carbonyl (C=O) groups is 1. The lowest BCUT2D eigenvalue weighted by atomic mass is 10.0. The number of hydrogen-bond acceptors (Lipinski definition) is 4. The lowest BCUT2D eigenvalue weighted by molar-refractivity contribution is -0.112. The van der Waals surface area contributed by atoms with Crippen LogP contribution >= 0.6 is 11.6 Å². The monoisotopic (exact) mass is 511 g/mol. The number of nitriles is 1. The van der Waals surface area contributed by atoms with Crippen LogP contribution in [-0.2, 0) is 4.79 Å². The smallest absolute Gasteiger partial charge is 0.384 e. The maximum Gasteiger partial charge on any atom is 0.415 e. The highest BCUT2D eigenvalue weighted by molar-refractivity contribution is 6.30. The van der Waals surface area contributed by atoms with Crippen molar-refractivity contribution in [2.75, 3.05) is 17.3 Å². The number of halogens is 4. The second-order valence-electron chi connectivity index (χ2n) is 7.81. The average Bonchev–Trinajstić information content (AvgIpc) is 2.86. The summed E-state index contributed by atoms with van der Waals surface area (Å²) in [5.41, 5.74) is 0.319. The zero-order chi connectivity index (χ0) is 26.5. The van der Waals surface area contributed by atoms with Gasteiger partial charge in [-0.3, -0.25) is 4.79 Å². The standard InChI is InChI=1S/C27H21ClF3N3O2/c1-17(27(29,30)31)13-24(34(2)23-8-3-5-18(14-23)16-32)26(36)33-22-7-4-6-20(15-22)25(35)19-9-11-21(28)12-10-19/h3-15,25,35H,1H2,2H3,(H,33,36)/b24-13-. The van der Waals surface area contributed by atoms with Crippen LogP contribution in [0.1, 0.15) is 22.8 Å². The number of aliphatic hydroxyl groups is 1. The number of likely N-dealkylation sites (N-methyl/N-ethyl adjacent to an activating group) is 1. The molecule has 0 aliphatic heterocycles. The highest BCUT2D eigenvalue weighted by Gasteiger charge is 2.32. The van der Waals surface area contributed by atoms with Crippen molar-refractivity contribution >= 4 is 28.9 Å². The van der Waals surface area contributed by atoms with E-state index < -0.39 is 23.8 Å². The van der Waals surface area contributed by atoms with E-state index in [0.717, 1.165) is 0 Å². The Hall–Kier alpha value is -4.06. The zero-order valence-corrected chi connectivity index (χ0v) is 19.8. The fourth-order valence-electron chi connectivity index (χ4n) is 3.30. The molecule has 0 spiro atoms. The SMILES string of the molecule is C=C(/C=C(/C(=O)Nc1cccc(C(O)c2ccc(Cl)cc2)c1)N(C)c1cccc(C#N)c1)C(F)(F)F. The van der Waals surface area contributed by atoms with Crippen LogP contribution in [0, 0.1) is 11.3 Å². The number of anilines is 2. The first-order valence-corrected chi connectivity index (χ1v) is 10.9. The molecular formula is C27H21ClF3N3O2. The molecule has 0 saturated carbocycles. The first-order valence-electron chi connectivity index (χ1n) is 10.6. The van der Waals surface area contributed by atoms with E-state index in [0.29, 0.717) is 27.9 Å². The topological polar surface area (TPSA) is 76.4 Å². The summed E-state index contributed by atoms with van der Waals surface area (Å²) in [5.74, 6) is -0.844. The lowest BCUT2D eigenvalue weighted by Crippen LogP contribution is -2.29. The Kier molecular flexibility index (Phi) is 8.20. The minimum atomic E-state index is -4.75. The van der Waals surface area contributed by atoms with Crippen LogP contribution < -0.4 is 10.2 Å². The van der Waals surface area contributed by atoms with E-state index in [1.54, 1.807) is 54.6 Å². The van der Waals surface area contributed by atoms with Gasteiger partial charge in [0.05, 0.1) is 17.2 Å². The number of rotatable bonds is 7. The predicted molar refractivity (Wildman–Crippen MR) is 133 cm³/mol. The second-order valence-corrected chi connectivity index (χ2v) is 8.24. The molecule has 5 nitrogen and oxygen atoms in total. The maximum absolute atomic E-state index is 13.2. The first-order chi connectivity index (χ1) is 17.0. The van der Waals surface area contributed by atoms with Crippen LogP contribution in [0.4, 0.5) is 24.5 Å². The third kappa shape index (κ3) is 6.54. The molecule has 0 aromatic heterocycles. The number of nitrogens with one attached hydrogen (secondary N) is 1. The fourth-order valence-corrected chi connectivity index (χ4v) is 3.43. The molecule has 3 aromatic carbocycles. The first kappa shape index (κ1) is 26.5. The van der Waals surface area contributed by atoms with E-state index in [-0.39, 0.29) is 16.9 Å². The molecule has 0 radical (unpaired) electrons. The molecule has 0 fully saturated rings. The summed E-state index contributed by atoms with van der Waals surface area (Å²) in [4.78, 5) is 14.4. The van der Waals surface area contributed by atoms with Crippen LogP contribution in [0.25, 0.3) is 0 Å². The van der Waals surface area contributed by atoms with Gasteiger partial charge in [0, 0.05) is 23.4 Å². The molecule has 0 bridgehead atoms. The molecule has 2 N–H and O–H groups in total. The van der Waals surface area contributed by atoms with Crippen LogP contribution in [0.15, 0.2) is 96.7 Å². The van der Waals surface area contributed by atoms with Gasteiger partial charge in [0.25, 0.3) is 5.91 Å². The summed E-state index contributed by atoms with van der Waals surface area (Å²) in [6.07, 6.45) is -5.12. The van der Waals surface area contributed by atoms with Gasteiger partial charge in [0.15, 0.2) is 0 Å². The van der Waals surface area contributed by atoms with Gasteiger partial charge in [-0.05, 0) is 59.7 Å². The average molecular weight is 512 g/mol. The number of nitrogens with zero attached hydrogens (tertiary/aromatic N) is 2. The van der Waals surface area contributed by atoms with Gasteiger partial charge < -0.3 is 15.3 Å². The van der Waals surface area contributed by atoms with Crippen molar-refractivity contribution in [3.63, 3.8) is 0 Å². The molecule has 0 heterocycles. The van der Waals surface area contributed by atoms with Crippen molar-refractivity contribution < 1.29 is 23.1 Å². The Morgan fingerprint density at radius 2 is 1.78 bits per heavy atom. The van der Waals surface area contributed by atoms with Crippen molar-refractivity contribution in [1.29, 1.82) is 5.26 Å². The Morgan fingerprint density at radius 1 is 1.11 bits per heavy atom. The van der Waals surface area contributed by atoms with Gasteiger partial charge in [-0.2, -0.15) is 18.4 Å². The third-order valence-electron chi connectivity index (χ3n) is 5.28. The number of benzene rings is 3. The van der Waals surface area contributed by atoms with Crippen molar-refractivity contribution in [2.24, 2.45) is 0 Å². The number of carbonyl (C=O) groups excluding carboxylic acids is 1. The molecule has 3 rings (SSSR count). The molecular weight excluding hydrogens is 491 g/mol. The van der Waals surface area contributed by atoms with Gasteiger partial charge >= 0.3 is 6.18 Å². The lowest BCUT2D eigenvalue weighted by Gasteiger charge is -2.23. The quantitative estimate of drug-likeness (QED) is 0.285. The number of aliphatic hydroxyl groups excluding tert-OH is 1. The fraction of sp³-hybridized carbons (Fsp3) is 0.111. The molecule has 0 saturated heterocycles. The van der Waals surface area contributed by atoms with Gasteiger partial charge in [-0.1, -0.05) is 48.5 Å². The normalized spacial score (nSPS) is 12.4. The number of hydrogen-bond donors (Lipinski definition) is 2. The van der Waals surface area contributed by atoms with Crippen molar-refractivity contribution in [3.8, 4) is 6.07 Å². The summed E-state index contributed by atoms with van der Waals surface area (Å²) < 4.78 is 39.7. The number of amides is 1. The number of allylic oxidation sites excluding steroid dienone is 2. The van der Waals surface area contributed by atoms with Crippen LogP contribution in [0.3, 0.4) is 0 Å². The van der Waals surface area contributed by atoms with Crippen LogP contribution in [0.2, 0.25) is 5.02 Å². The summed E-state index contributed by atoms with van der Waals surface area (Å²) in [7, 11) is 1.41. The molecule has 1 atom stereocenters. The number of alkyl halides is 3. The summed E-state index contributed by atoms with van der Waals surface area (Å²) in [6, 6.07) is 20.9. The summed E-state index contributed by atoms with van der Waals surface area (Å²) in [6.45, 7) is 3.04. The molecule has 184 valence electrons. The van der Waals surface area contributed by atoms with Gasteiger partial charge in [0.2, 0.25) is 0 Å². The molecule has 0 aliphatic carbocycles. The van der Waals surface area contributed by atoms with Crippen molar-refractivity contribution in [3.05, 3.63) is 118 Å². The minimum Gasteiger partial charge on any atom is -0.384 e. The highest BCUT2D eigenvalue weighted by atomic mass is 35.5. The second kappa shape index (κ2) is 11.1. The maximum atomic E-state index is 13.2. The molecule has 9 heteroatoms. The van der Waals surface area contributed by atoms with Crippen LogP contribution in [0.5, 0.6) is 0 Å². The van der Waals surface area contributed by atoms with Crippen molar-refractivity contribution in [2.45, 2.75) is 12.3 Å². The molecule has 3 aromatic rings.